The average molecular weight is 293 g/mol. The van der Waals surface area contributed by atoms with Crippen molar-refractivity contribution >= 4 is 17.2 Å². The van der Waals surface area contributed by atoms with Crippen LogP contribution in [0.25, 0.3) is 16.7 Å². The Kier molecular flexibility index (Phi) is 3.70. The number of aliphatic imine (C=N–C) groups is 1. The van der Waals surface area contributed by atoms with Gasteiger partial charge in [-0.1, -0.05) is 18.2 Å². The molecule has 0 saturated heterocycles. The Hall–Kier alpha value is -2.95. The quantitative estimate of drug-likeness (QED) is 0.755. The summed E-state index contributed by atoms with van der Waals surface area (Å²) in [6, 6.07) is 12.7. The Morgan fingerprint density at radius 1 is 1.23 bits per heavy atom. The van der Waals surface area contributed by atoms with Crippen LogP contribution in [0.5, 0.6) is 5.75 Å². The third-order valence-electron chi connectivity index (χ3n) is 3.36. The molecular weight excluding hydrogens is 278 g/mol. The van der Waals surface area contributed by atoms with Crippen LogP contribution in [0.2, 0.25) is 0 Å². The van der Waals surface area contributed by atoms with E-state index >= 15 is 0 Å². The van der Waals surface area contributed by atoms with Gasteiger partial charge >= 0.3 is 0 Å². The SMILES string of the molecule is CCN=Cc1c(O)c2cccnc2n(-c2ccccc2)c1=O. The Bertz CT molecular complexity index is 899. The van der Waals surface area contributed by atoms with E-state index in [-0.39, 0.29) is 16.9 Å². The first kappa shape index (κ1) is 14.0. The highest BCUT2D eigenvalue weighted by Gasteiger charge is 2.16. The third-order valence-corrected chi connectivity index (χ3v) is 3.36. The highest BCUT2D eigenvalue weighted by atomic mass is 16.3. The molecule has 0 amide bonds. The van der Waals surface area contributed by atoms with Gasteiger partial charge in [-0.25, -0.2) is 4.98 Å². The number of fused-ring (bicyclic) bond motifs is 1. The maximum atomic E-state index is 12.8. The predicted octanol–water partition coefficient (Wildman–Crippen LogP) is 2.53. The second-order valence-electron chi connectivity index (χ2n) is 4.74. The minimum atomic E-state index is -0.341. The number of benzene rings is 1. The van der Waals surface area contributed by atoms with Crippen molar-refractivity contribution in [3.05, 3.63) is 64.6 Å². The summed E-state index contributed by atoms with van der Waals surface area (Å²) in [5, 5.41) is 10.9. The molecule has 1 aromatic carbocycles. The van der Waals surface area contributed by atoms with Crippen LogP contribution in [0, 0.1) is 0 Å². The number of aromatic hydroxyl groups is 1. The normalized spacial score (nSPS) is 11.3. The first-order valence-corrected chi connectivity index (χ1v) is 7.02. The minimum Gasteiger partial charge on any atom is -0.506 e. The molecule has 0 spiro atoms. The molecule has 110 valence electrons. The molecule has 0 aliphatic carbocycles. The smallest absolute Gasteiger partial charge is 0.269 e. The van der Waals surface area contributed by atoms with Crippen LogP contribution in [-0.2, 0) is 0 Å². The molecule has 0 aliphatic rings. The predicted molar refractivity (Wildman–Crippen MR) is 87.1 cm³/mol. The standard InChI is InChI=1S/C17H15N3O2/c1-2-18-11-14-15(21)13-9-6-10-19-16(13)20(17(14)22)12-7-4-3-5-8-12/h3-11,21H,2H2,1H3. The second kappa shape index (κ2) is 5.81. The minimum absolute atomic E-state index is 0.0857. The summed E-state index contributed by atoms with van der Waals surface area (Å²) in [6.45, 7) is 2.40. The summed E-state index contributed by atoms with van der Waals surface area (Å²) >= 11 is 0. The van der Waals surface area contributed by atoms with E-state index in [1.807, 2.05) is 37.3 Å². The molecule has 5 nitrogen and oxygen atoms in total. The lowest BCUT2D eigenvalue weighted by molar-refractivity contribution is 0.479. The maximum Gasteiger partial charge on any atom is 0.269 e. The third kappa shape index (κ3) is 2.26. The van der Waals surface area contributed by atoms with Crippen molar-refractivity contribution in [1.82, 2.24) is 9.55 Å². The van der Waals surface area contributed by atoms with E-state index < -0.39 is 0 Å². The van der Waals surface area contributed by atoms with E-state index in [2.05, 4.69) is 9.98 Å². The van der Waals surface area contributed by atoms with Gasteiger partial charge in [0, 0.05) is 19.0 Å². The number of hydrogen-bond acceptors (Lipinski definition) is 4. The van der Waals surface area contributed by atoms with Crippen LogP contribution < -0.4 is 5.56 Å². The first-order chi connectivity index (χ1) is 10.7. The summed E-state index contributed by atoms with van der Waals surface area (Å²) < 4.78 is 1.49. The maximum absolute atomic E-state index is 12.8. The zero-order chi connectivity index (χ0) is 15.5. The van der Waals surface area contributed by atoms with Gasteiger partial charge in [-0.2, -0.15) is 0 Å². The molecule has 3 rings (SSSR count). The highest BCUT2D eigenvalue weighted by Crippen LogP contribution is 2.25. The van der Waals surface area contributed by atoms with Crippen LogP contribution >= 0.6 is 0 Å². The fraction of sp³-hybridized carbons (Fsp3) is 0.118. The van der Waals surface area contributed by atoms with Gasteiger partial charge in [0.1, 0.15) is 11.3 Å². The van der Waals surface area contributed by atoms with E-state index in [1.165, 1.54) is 10.8 Å². The largest absolute Gasteiger partial charge is 0.506 e. The summed E-state index contributed by atoms with van der Waals surface area (Å²) in [5.74, 6) is -0.0857. The van der Waals surface area contributed by atoms with Crippen molar-refractivity contribution in [3.8, 4) is 11.4 Å². The van der Waals surface area contributed by atoms with Crippen molar-refractivity contribution in [1.29, 1.82) is 0 Å². The van der Waals surface area contributed by atoms with Crippen molar-refractivity contribution in [2.45, 2.75) is 6.92 Å². The number of aromatic nitrogens is 2. The monoisotopic (exact) mass is 293 g/mol. The topological polar surface area (TPSA) is 67.5 Å². The van der Waals surface area contributed by atoms with Gasteiger partial charge in [0.15, 0.2) is 5.65 Å². The molecule has 0 saturated carbocycles. The Labute approximate surface area is 127 Å². The summed E-state index contributed by atoms with van der Waals surface area (Å²) in [4.78, 5) is 21.1. The fourth-order valence-electron chi connectivity index (χ4n) is 2.34. The number of pyridine rings is 2. The van der Waals surface area contributed by atoms with Crippen LogP contribution in [0.3, 0.4) is 0 Å². The van der Waals surface area contributed by atoms with Gasteiger partial charge in [0.05, 0.1) is 11.1 Å². The fourth-order valence-corrected chi connectivity index (χ4v) is 2.34. The molecule has 0 fully saturated rings. The number of para-hydroxylation sites is 1. The molecule has 0 atom stereocenters. The average Bonchev–Trinajstić information content (AvgIpc) is 2.56. The molecule has 22 heavy (non-hydrogen) atoms. The van der Waals surface area contributed by atoms with E-state index in [9.17, 15) is 9.90 Å². The molecule has 0 aliphatic heterocycles. The van der Waals surface area contributed by atoms with Gasteiger partial charge in [-0.3, -0.25) is 14.4 Å². The summed E-state index contributed by atoms with van der Waals surface area (Å²) in [7, 11) is 0. The molecule has 5 heteroatoms. The molecule has 0 bridgehead atoms. The second-order valence-corrected chi connectivity index (χ2v) is 4.74. The molecule has 1 N–H and O–H groups in total. The molecule has 0 unspecified atom stereocenters. The van der Waals surface area contributed by atoms with Crippen molar-refractivity contribution < 1.29 is 5.11 Å². The molecule has 3 aromatic rings. The molecular formula is C17H15N3O2. The Balaban J connectivity index is 2.45. The lowest BCUT2D eigenvalue weighted by Crippen LogP contribution is -2.23. The number of hydrogen-bond donors (Lipinski definition) is 1. The number of rotatable bonds is 3. The summed E-state index contributed by atoms with van der Waals surface area (Å²) in [5.41, 5.74) is 0.950. The van der Waals surface area contributed by atoms with Crippen LogP contribution in [0.15, 0.2) is 58.4 Å². The zero-order valence-electron chi connectivity index (χ0n) is 12.1. The zero-order valence-corrected chi connectivity index (χ0v) is 12.1. The van der Waals surface area contributed by atoms with E-state index in [0.29, 0.717) is 23.3 Å². The summed E-state index contributed by atoms with van der Waals surface area (Å²) in [6.07, 6.45) is 3.02. The van der Waals surface area contributed by atoms with E-state index in [1.54, 1.807) is 18.3 Å². The van der Waals surface area contributed by atoms with Crippen LogP contribution in [0.1, 0.15) is 12.5 Å². The first-order valence-electron chi connectivity index (χ1n) is 7.02. The van der Waals surface area contributed by atoms with Crippen molar-refractivity contribution in [2.75, 3.05) is 6.54 Å². The van der Waals surface area contributed by atoms with Crippen molar-refractivity contribution in [2.24, 2.45) is 4.99 Å². The Morgan fingerprint density at radius 3 is 2.73 bits per heavy atom. The lowest BCUT2D eigenvalue weighted by atomic mass is 10.1. The van der Waals surface area contributed by atoms with Gasteiger partial charge in [-0.05, 0) is 31.2 Å². The van der Waals surface area contributed by atoms with E-state index in [0.717, 1.165) is 0 Å². The van der Waals surface area contributed by atoms with Crippen LogP contribution in [0.4, 0.5) is 0 Å². The van der Waals surface area contributed by atoms with E-state index in [4.69, 9.17) is 0 Å². The van der Waals surface area contributed by atoms with Crippen LogP contribution in [-0.4, -0.2) is 27.4 Å². The lowest BCUT2D eigenvalue weighted by Gasteiger charge is -2.12. The molecule has 2 aromatic heterocycles. The van der Waals surface area contributed by atoms with Gasteiger partial charge in [0.25, 0.3) is 5.56 Å². The highest BCUT2D eigenvalue weighted by molar-refractivity contribution is 5.94. The van der Waals surface area contributed by atoms with Gasteiger partial charge in [0.2, 0.25) is 0 Å². The van der Waals surface area contributed by atoms with Gasteiger partial charge < -0.3 is 5.11 Å². The van der Waals surface area contributed by atoms with Crippen molar-refractivity contribution in [3.63, 3.8) is 0 Å². The van der Waals surface area contributed by atoms with Gasteiger partial charge in [-0.15, -0.1) is 0 Å². The molecule has 0 radical (unpaired) electrons. The number of nitrogens with zero attached hydrogens (tertiary/aromatic N) is 3. The Morgan fingerprint density at radius 2 is 2.00 bits per heavy atom. The molecule has 2 heterocycles.